The van der Waals surface area contributed by atoms with Crippen LogP contribution in [-0.4, -0.2) is 9.97 Å². The van der Waals surface area contributed by atoms with E-state index in [9.17, 15) is 0 Å². The molecule has 88 valence electrons. The SMILES string of the molecule is CC(OC1CCc2ccccc21)c1ncc[nH]1. The fourth-order valence-electron chi connectivity index (χ4n) is 2.47. The van der Waals surface area contributed by atoms with Crippen LogP contribution in [0.1, 0.15) is 42.5 Å². The molecule has 0 bridgehead atoms. The Hall–Kier alpha value is -1.61. The Morgan fingerprint density at radius 1 is 1.41 bits per heavy atom. The Balaban J connectivity index is 1.75. The zero-order valence-electron chi connectivity index (χ0n) is 9.89. The summed E-state index contributed by atoms with van der Waals surface area (Å²) in [6, 6.07) is 8.54. The minimum absolute atomic E-state index is 0.0150. The van der Waals surface area contributed by atoms with Crippen LogP contribution in [0.2, 0.25) is 0 Å². The van der Waals surface area contributed by atoms with E-state index in [0.29, 0.717) is 0 Å². The number of H-pyrrole nitrogens is 1. The van der Waals surface area contributed by atoms with E-state index in [1.807, 2.05) is 13.1 Å². The topological polar surface area (TPSA) is 37.9 Å². The second kappa shape index (κ2) is 4.34. The van der Waals surface area contributed by atoms with Gasteiger partial charge < -0.3 is 9.72 Å². The molecule has 3 heteroatoms. The van der Waals surface area contributed by atoms with E-state index < -0.39 is 0 Å². The van der Waals surface area contributed by atoms with Gasteiger partial charge in [-0.15, -0.1) is 0 Å². The molecule has 0 fully saturated rings. The molecule has 17 heavy (non-hydrogen) atoms. The van der Waals surface area contributed by atoms with Crippen molar-refractivity contribution in [2.24, 2.45) is 0 Å². The van der Waals surface area contributed by atoms with Gasteiger partial charge in [0.15, 0.2) is 0 Å². The van der Waals surface area contributed by atoms with Crippen molar-refractivity contribution in [2.45, 2.75) is 32.0 Å². The fourth-order valence-corrected chi connectivity index (χ4v) is 2.47. The summed E-state index contributed by atoms with van der Waals surface area (Å²) in [7, 11) is 0. The number of hydrogen-bond acceptors (Lipinski definition) is 2. The Morgan fingerprint density at radius 3 is 3.12 bits per heavy atom. The van der Waals surface area contributed by atoms with Crippen LogP contribution in [0.4, 0.5) is 0 Å². The molecule has 0 aliphatic heterocycles. The van der Waals surface area contributed by atoms with Crippen LogP contribution >= 0.6 is 0 Å². The molecule has 0 radical (unpaired) electrons. The van der Waals surface area contributed by atoms with E-state index in [1.54, 1.807) is 6.20 Å². The molecule has 3 rings (SSSR count). The number of nitrogens with one attached hydrogen (secondary N) is 1. The van der Waals surface area contributed by atoms with Gasteiger partial charge in [-0.25, -0.2) is 4.98 Å². The third-order valence-corrected chi connectivity index (χ3v) is 3.35. The standard InChI is InChI=1S/C14H16N2O/c1-10(14-15-8-9-16-14)17-13-7-6-11-4-2-3-5-12(11)13/h2-5,8-10,13H,6-7H2,1H3,(H,15,16). The number of ether oxygens (including phenoxy) is 1. The van der Waals surface area contributed by atoms with Crippen molar-refractivity contribution < 1.29 is 4.74 Å². The van der Waals surface area contributed by atoms with Gasteiger partial charge in [0.2, 0.25) is 0 Å². The summed E-state index contributed by atoms with van der Waals surface area (Å²) in [5.74, 6) is 0.898. The Bertz CT molecular complexity index is 493. The van der Waals surface area contributed by atoms with Gasteiger partial charge in [0.05, 0.1) is 6.10 Å². The highest BCUT2D eigenvalue weighted by Gasteiger charge is 2.25. The average Bonchev–Trinajstić information content (AvgIpc) is 2.98. The van der Waals surface area contributed by atoms with Gasteiger partial charge in [-0.05, 0) is 30.9 Å². The summed E-state index contributed by atoms with van der Waals surface area (Å²) >= 11 is 0. The van der Waals surface area contributed by atoms with E-state index in [-0.39, 0.29) is 12.2 Å². The maximum Gasteiger partial charge on any atom is 0.135 e. The highest BCUT2D eigenvalue weighted by molar-refractivity contribution is 5.33. The Kier molecular flexibility index (Phi) is 2.69. The number of aromatic nitrogens is 2. The minimum Gasteiger partial charge on any atom is -0.363 e. The van der Waals surface area contributed by atoms with Crippen molar-refractivity contribution in [2.75, 3.05) is 0 Å². The molecule has 0 saturated carbocycles. The lowest BCUT2D eigenvalue weighted by Crippen LogP contribution is -2.06. The molecule has 2 unspecified atom stereocenters. The van der Waals surface area contributed by atoms with Gasteiger partial charge in [0, 0.05) is 12.4 Å². The average molecular weight is 228 g/mol. The van der Waals surface area contributed by atoms with Gasteiger partial charge in [-0.3, -0.25) is 0 Å². The third-order valence-electron chi connectivity index (χ3n) is 3.35. The molecule has 2 aromatic rings. The van der Waals surface area contributed by atoms with Gasteiger partial charge in [0.1, 0.15) is 11.9 Å². The summed E-state index contributed by atoms with van der Waals surface area (Å²) in [6.07, 6.45) is 6.01. The molecule has 1 aromatic carbocycles. The quantitative estimate of drug-likeness (QED) is 0.876. The van der Waals surface area contributed by atoms with Crippen molar-refractivity contribution in [3.63, 3.8) is 0 Å². The first-order chi connectivity index (χ1) is 8.34. The van der Waals surface area contributed by atoms with Crippen LogP contribution in [0.5, 0.6) is 0 Å². The summed E-state index contributed by atoms with van der Waals surface area (Å²) in [4.78, 5) is 7.33. The molecule has 0 amide bonds. The molecule has 1 N–H and O–H groups in total. The van der Waals surface area contributed by atoms with Crippen LogP contribution in [0.15, 0.2) is 36.7 Å². The van der Waals surface area contributed by atoms with Crippen molar-refractivity contribution in [1.82, 2.24) is 9.97 Å². The van der Waals surface area contributed by atoms with E-state index in [1.165, 1.54) is 11.1 Å². The monoisotopic (exact) mass is 228 g/mol. The predicted molar refractivity (Wildman–Crippen MR) is 65.6 cm³/mol. The molecular formula is C14H16N2O. The van der Waals surface area contributed by atoms with E-state index in [2.05, 4.69) is 34.2 Å². The highest BCUT2D eigenvalue weighted by atomic mass is 16.5. The summed E-state index contributed by atoms with van der Waals surface area (Å²) in [5, 5.41) is 0. The van der Waals surface area contributed by atoms with Crippen molar-refractivity contribution in [1.29, 1.82) is 0 Å². The van der Waals surface area contributed by atoms with E-state index in [4.69, 9.17) is 4.74 Å². The molecule has 0 spiro atoms. The largest absolute Gasteiger partial charge is 0.363 e. The summed E-state index contributed by atoms with van der Waals surface area (Å²) in [6.45, 7) is 2.04. The number of imidazole rings is 1. The number of benzene rings is 1. The van der Waals surface area contributed by atoms with Crippen LogP contribution in [0.25, 0.3) is 0 Å². The predicted octanol–water partition coefficient (Wildman–Crippen LogP) is 3.17. The zero-order valence-corrected chi connectivity index (χ0v) is 9.89. The smallest absolute Gasteiger partial charge is 0.135 e. The molecule has 1 heterocycles. The highest BCUT2D eigenvalue weighted by Crippen LogP contribution is 2.36. The summed E-state index contributed by atoms with van der Waals surface area (Å²) < 4.78 is 6.09. The number of hydrogen-bond donors (Lipinski definition) is 1. The van der Waals surface area contributed by atoms with E-state index >= 15 is 0 Å². The molecule has 1 aromatic heterocycles. The molecule has 3 nitrogen and oxygen atoms in total. The molecular weight excluding hydrogens is 212 g/mol. The van der Waals surface area contributed by atoms with Gasteiger partial charge in [-0.1, -0.05) is 24.3 Å². The first-order valence-electron chi connectivity index (χ1n) is 6.07. The van der Waals surface area contributed by atoms with Gasteiger partial charge >= 0.3 is 0 Å². The number of rotatable bonds is 3. The Morgan fingerprint density at radius 2 is 2.29 bits per heavy atom. The van der Waals surface area contributed by atoms with Gasteiger partial charge in [-0.2, -0.15) is 0 Å². The number of aromatic amines is 1. The fraction of sp³-hybridized carbons (Fsp3) is 0.357. The van der Waals surface area contributed by atoms with Crippen LogP contribution in [0, 0.1) is 0 Å². The Labute approximate surface area is 101 Å². The molecule has 1 aliphatic rings. The van der Waals surface area contributed by atoms with Crippen LogP contribution < -0.4 is 0 Å². The van der Waals surface area contributed by atoms with Gasteiger partial charge in [0.25, 0.3) is 0 Å². The second-order valence-corrected chi connectivity index (χ2v) is 4.48. The third kappa shape index (κ3) is 1.98. The maximum absolute atomic E-state index is 6.09. The molecule has 1 aliphatic carbocycles. The lowest BCUT2D eigenvalue weighted by Gasteiger charge is -2.17. The van der Waals surface area contributed by atoms with Crippen molar-refractivity contribution in [3.05, 3.63) is 53.6 Å². The molecule has 2 atom stereocenters. The minimum atomic E-state index is 0.0150. The number of fused-ring (bicyclic) bond motifs is 1. The van der Waals surface area contributed by atoms with E-state index in [0.717, 1.165) is 18.7 Å². The van der Waals surface area contributed by atoms with Crippen LogP contribution in [-0.2, 0) is 11.2 Å². The number of aryl methyl sites for hydroxylation is 1. The normalized spacial score (nSPS) is 20.2. The zero-order chi connectivity index (χ0) is 11.7. The first-order valence-corrected chi connectivity index (χ1v) is 6.07. The van der Waals surface area contributed by atoms with Crippen molar-refractivity contribution in [3.8, 4) is 0 Å². The maximum atomic E-state index is 6.09. The molecule has 0 saturated heterocycles. The summed E-state index contributed by atoms with van der Waals surface area (Å²) in [5.41, 5.74) is 2.76. The van der Waals surface area contributed by atoms with Crippen molar-refractivity contribution >= 4 is 0 Å². The second-order valence-electron chi connectivity index (χ2n) is 4.48. The lowest BCUT2D eigenvalue weighted by atomic mass is 10.1. The lowest BCUT2D eigenvalue weighted by molar-refractivity contribution is -0.00786. The first kappa shape index (κ1) is 10.5. The number of nitrogens with zero attached hydrogens (tertiary/aromatic N) is 1. The van der Waals surface area contributed by atoms with Crippen LogP contribution in [0.3, 0.4) is 0 Å².